The van der Waals surface area contributed by atoms with Crippen LogP contribution in [0.15, 0.2) is 24.3 Å². The molecule has 1 aliphatic carbocycles. The number of halogens is 3. The molecule has 0 unspecified atom stereocenters. The quantitative estimate of drug-likeness (QED) is 0.389. The van der Waals surface area contributed by atoms with Gasteiger partial charge in [-0.2, -0.15) is 8.78 Å². The molecule has 2 heterocycles. The Morgan fingerprint density at radius 1 is 1.16 bits per heavy atom. The minimum atomic E-state index is -3.78. The second-order valence-electron chi connectivity index (χ2n) is 11.6. The third-order valence-corrected chi connectivity index (χ3v) is 7.90. The standard InChI is InChI=1S/C29H35F3N4O2/c1-16(18-8-7-11-22(24(18)30)29(31,32)27(3,4)37)33-26-21-14-23(36-13-12-28(5,38)15-36)19-9-6-10-20(19)25(21)34-17(2)35-26/h7-8,11,14,16,37-38H,6,9-10,12-13,15H2,1-5H3,(H,33,34,35)/t16-,28+/m1/s1. The number of alkyl halides is 2. The highest BCUT2D eigenvalue weighted by atomic mass is 19.3. The number of fused-ring (bicyclic) bond motifs is 3. The Morgan fingerprint density at radius 2 is 1.87 bits per heavy atom. The number of hydrogen-bond donors (Lipinski definition) is 3. The van der Waals surface area contributed by atoms with Gasteiger partial charge in [-0.05, 0) is 83.6 Å². The molecule has 1 aliphatic heterocycles. The minimum Gasteiger partial charge on any atom is -0.388 e. The minimum absolute atomic E-state index is 0.0489. The van der Waals surface area contributed by atoms with E-state index in [4.69, 9.17) is 4.98 Å². The number of aryl methyl sites for hydroxylation is 2. The van der Waals surface area contributed by atoms with E-state index in [1.807, 2.05) is 13.0 Å². The van der Waals surface area contributed by atoms with Crippen molar-refractivity contribution in [2.24, 2.45) is 0 Å². The van der Waals surface area contributed by atoms with Crippen molar-refractivity contribution in [3.8, 4) is 0 Å². The molecule has 2 aromatic carbocycles. The predicted molar refractivity (Wildman–Crippen MR) is 142 cm³/mol. The normalized spacial score (nSPS) is 20.7. The van der Waals surface area contributed by atoms with E-state index >= 15 is 4.39 Å². The van der Waals surface area contributed by atoms with E-state index < -0.39 is 34.5 Å². The Bertz CT molecular complexity index is 1400. The summed E-state index contributed by atoms with van der Waals surface area (Å²) in [5.74, 6) is -3.78. The van der Waals surface area contributed by atoms with Gasteiger partial charge in [0.1, 0.15) is 23.1 Å². The first kappa shape index (κ1) is 26.7. The van der Waals surface area contributed by atoms with Gasteiger partial charge < -0.3 is 20.4 Å². The van der Waals surface area contributed by atoms with Gasteiger partial charge in [-0.3, -0.25) is 0 Å². The lowest BCUT2D eigenvalue weighted by molar-refractivity contribution is -0.170. The van der Waals surface area contributed by atoms with Gasteiger partial charge in [-0.1, -0.05) is 12.1 Å². The SMILES string of the molecule is Cc1nc(N[C@H](C)c2cccc(C(F)(F)C(C)(C)O)c2F)c2cc(N3CC[C@](C)(O)C3)c3c(c2n1)CCC3. The van der Waals surface area contributed by atoms with Gasteiger partial charge in [0.2, 0.25) is 0 Å². The van der Waals surface area contributed by atoms with Gasteiger partial charge in [0.15, 0.2) is 0 Å². The summed E-state index contributed by atoms with van der Waals surface area (Å²) >= 11 is 0. The van der Waals surface area contributed by atoms with E-state index in [1.165, 1.54) is 23.3 Å². The predicted octanol–water partition coefficient (Wildman–Crippen LogP) is 5.56. The summed E-state index contributed by atoms with van der Waals surface area (Å²) in [6, 6.07) is 5.19. The number of nitrogens with one attached hydrogen (secondary N) is 1. The summed E-state index contributed by atoms with van der Waals surface area (Å²) < 4.78 is 45.2. The molecular formula is C29H35F3N4O2. The number of hydrogen-bond acceptors (Lipinski definition) is 6. The molecule has 5 rings (SSSR count). The highest BCUT2D eigenvalue weighted by molar-refractivity contribution is 5.96. The second-order valence-corrected chi connectivity index (χ2v) is 11.6. The molecule has 0 radical (unpaired) electrons. The van der Waals surface area contributed by atoms with Crippen molar-refractivity contribution in [3.63, 3.8) is 0 Å². The first-order chi connectivity index (χ1) is 17.7. The molecule has 0 bridgehead atoms. The van der Waals surface area contributed by atoms with E-state index in [-0.39, 0.29) is 5.56 Å². The molecule has 2 atom stereocenters. The van der Waals surface area contributed by atoms with Gasteiger partial charge in [-0.15, -0.1) is 0 Å². The molecular weight excluding hydrogens is 493 g/mol. The molecule has 0 saturated carbocycles. The van der Waals surface area contributed by atoms with E-state index in [0.717, 1.165) is 62.3 Å². The Balaban J connectivity index is 1.58. The smallest absolute Gasteiger partial charge is 0.303 e. The lowest BCUT2D eigenvalue weighted by Crippen LogP contribution is -2.41. The van der Waals surface area contributed by atoms with Crippen LogP contribution in [0.2, 0.25) is 0 Å². The van der Waals surface area contributed by atoms with Crippen LogP contribution in [0.25, 0.3) is 10.9 Å². The molecule has 1 fully saturated rings. The number of benzene rings is 2. The Hall–Kier alpha value is -2.91. The van der Waals surface area contributed by atoms with E-state index in [0.29, 0.717) is 24.6 Å². The number of rotatable bonds is 6. The second kappa shape index (κ2) is 9.09. The van der Waals surface area contributed by atoms with Crippen molar-refractivity contribution < 1.29 is 23.4 Å². The van der Waals surface area contributed by atoms with Crippen LogP contribution in [-0.4, -0.2) is 44.5 Å². The lowest BCUT2D eigenvalue weighted by Gasteiger charge is -2.30. The average molecular weight is 529 g/mol. The first-order valence-corrected chi connectivity index (χ1v) is 13.2. The summed E-state index contributed by atoms with van der Waals surface area (Å²) in [7, 11) is 0. The van der Waals surface area contributed by atoms with Crippen LogP contribution in [0.5, 0.6) is 0 Å². The van der Waals surface area contributed by atoms with E-state index in [1.54, 1.807) is 13.8 Å². The van der Waals surface area contributed by atoms with Crippen LogP contribution in [0.1, 0.15) is 74.7 Å². The summed E-state index contributed by atoms with van der Waals surface area (Å²) in [4.78, 5) is 11.6. The van der Waals surface area contributed by atoms with Gasteiger partial charge in [0.05, 0.1) is 22.7 Å². The van der Waals surface area contributed by atoms with E-state index in [9.17, 15) is 19.0 Å². The number of β-amino-alcohol motifs (C(OH)–C–C–N with tert-alkyl or cyclic N) is 1. The highest BCUT2D eigenvalue weighted by Gasteiger charge is 2.49. The van der Waals surface area contributed by atoms with Crippen molar-refractivity contribution in [3.05, 3.63) is 58.2 Å². The largest absolute Gasteiger partial charge is 0.388 e. The van der Waals surface area contributed by atoms with Gasteiger partial charge >= 0.3 is 5.92 Å². The zero-order chi connectivity index (χ0) is 27.6. The molecule has 1 aromatic heterocycles. The molecule has 3 aromatic rings. The summed E-state index contributed by atoms with van der Waals surface area (Å²) in [6.45, 7) is 8.54. The van der Waals surface area contributed by atoms with Crippen LogP contribution in [0.4, 0.5) is 24.7 Å². The van der Waals surface area contributed by atoms with Crippen LogP contribution in [-0.2, 0) is 18.8 Å². The molecule has 1 saturated heterocycles. The molecule has 204 valence electrons. The van der Waals surface area contributed by atoms with Crippen LogP contribution < -0.4 is 10.2 Å². The number of aromatic nitrogens is 2. The third-order valence-electron chi connectivity index (χ3n) is 7.90. The topological polar surface area (TPSA) is 81.5 Å². The molecule has 0 spiro atoms. The van der Waals surface area contributed by atoms with Gasteiger partial charge in [0, 0.05) is 29.7 Å². The Labute approximate surface area is 220 Å². The van der Waals surface area contributed by atoms with Crippen LogP contribution in [0.3, 0.4) is 0 Å². The maximum atomic E-state index is 15.5. The number of anilines is 2. The molecule has 6 nitrogen and oxygen atoms in total. The maximum Gasteiger partial charge on any atom is 0.303 e. The third kappa shape index (κ3) is 4.49. The van der Waals surface area contributed by atoms with Crippen molar-refractivity contribution in [2.45, 2.75) is 83.5 Å². The fraction of sp³-hybridized carbons (Fsp3) is 0.517. The van der Waals surface area contributed by atoms with Crippen LogP contribution in [0, 0.1) is 12.7 Å². The van der Waals surface area contributed by atoms with Crippen LogP contribution >= 0.6 is 0 Å². The van der Waals surface area contributed by atoms with Crippen molar-refractivity contribution in [1.82, 2.24) is 9.97 Å². The number of nitrogens with zero attached hydrogens (tertiary/aromatic N) is 3. The fourth-order valence-corrected chi connectivity index (χ4v) is 5.74. The molecule has 0 amide bonds. The van der Waals surface area contributed by atoms with Crippen molar-refractivity contribution in [2.75, 3.05) is 23.3 Å². The summed E-state index contributed by atoms with van der Waals surface area (Å²) in [5.41, 5.74) is 0.339. The monoisotopic (exact) mass is 528 g/mol. The Morgan fingerprint density at radius 3 is 2.53 bits per heavy atom. The lowest BCUT2D eigenvalue weighted by atomic mass is 9.91. The molecule has 9 heteroatoms. The molecule has 3 N–H and O–H groups in total. The number of aliphatic hydroxyl groups is 2. The zero-order valence-electron chi connectivity index (χ0n) is 22.5. The fourth-order valence-electron chi connectivity index (χ4n) is 5.74. The Kier molecular flexibility index (Phi) is 6.38. The molecule has 2 aliphatic rings. The zero-order valence-corrected chi connectivity index (χ0v) is 22.5. The van der Waals surface area contributed by atoms with Crippen molar-refractivity contribution >= 4 is 22.4 Å². The summed E-state index contributed by atoms with van der Waals surface area (Å²) in [6.07, 6.45) is 3.52. The first-order valence-electron chi connectivity index (χ1n) is 13.2. The van der Waals surface area contributed by atoms with Crippen molar-refractivity contribution in [1.29, 1.82) is 0 Å². The maximum absolute atomic E-state index is 15.5. The van der Waals surface area contributed by atoms with Gasteiger partial charge in [-0.25, -0.2) is 14.4 Å². The average Bonchev–Trinajstić information content (AvgIpc) is 3.44. The van der Waals surface area contributed by atoms with Gasteiger partial charge in [0.25, 0.3) is 0 Å². The highest BCUT2D eigenvalue weighted by Crippen LogP contribution is 2.43. The summed E-state index contributed by atoms with van der Waals surface area (Å²) in [5, 5.41) is 24.6. The molecule has 38 heavy (non-hydrogen) atoms. The van der Waals surface area contributed by atoms with E-state index in [2.05, 4.69) is 15.2 Å².